The van der Waals surface area contributed by atoms with Gasteiger partial charge < -0.3 is 19.1 Å². The molecule has 1 heterocycles. The number of hydrogen-bond acceptors (Lipinski definition) is 6. The minimum atomic E-state index is -0.697. The van der Waals surface area contributed by atoms with Gasteiger partial charge >= 0.3 is 11.9 Å². The molecule has 6 nitrogen and oxygen atoms in total. The largest absolute Gasteiger partial charge is 0.494 e. The summed E-state index contributed by atoms with van der Waals surface area (Å²) in [5.74, 6) is -1.59. The fourth-order valence-corrected chi connectivity index (χ4v) is 3.27. The second kappa shape index (κ2) is 9.26. The molecule has 0 bridgehead atoms. The number of carbonyl (C=O) groups excluding carboxylic acids is 2. The molecule has 0 aliphatic carbocycles. The third-order valence-electron chi connectivity index (χ3n) is 4.67. The molecule has 2 aromatic carbocycles. The second-order valence-corrected chi connectivity index (χ2v) is 6.47. The first kappa shape index (κ1) is 21.1. The molecule has 0 aromatic heterocycles. The summed E-state index contributed by atoms with van der Waals surface area (Å²) in [6.07, 6.45) is 3.15. The first-order valence-electron chi connectivity index (χ1n) is 9.35. The molecule has 156 valence electrons. The number of rotatable bonds is 6. The predicted octanol–water partition coefficient (Wildman–Crippen LogP) is 3.94. The van der Waals surface area contributed by atoms with Crippen LogP contribution in [0.1, 0.15) is 18.4 Å². The highest BCUT2D eigenvalue weighted by molar-refractivity contribution is 5.99. The molecule has 0 atom stereocenters. The lowest BCUT2D eigenvalue weighted by Gasteiger charge is -2.30. The van der Waals surface area contributed by atoms with Crippen molar-refractivity contribution >= 4 is 17.6 Å². The summed E-state index contributed by atoms with van der Waals surface area (Å²) in [6, 6.07) is 12.8. The Labute approximate surface area is 174 Å². The van der Waals surface area contributed by atoms with Crippen LogP contribution in [0.15, 0.2) is 72.1 Å². The molecule has 0 spiro atoms. The SMILES string of the molecule is CCOc1ccc(C2C(C(=O)OC)=CN(c3ccc(F)cc3)C=C2C(=O)OC)cc1. The van der Waals surface area contributed by atoms with Crippen molar-refractivity contribution in [3.05, 3.63) is 83.5 Å². The van der Waals surface area contributed by atoms with Crippen LogP contribution in [0.5, 0.6) is 5.75 Å². The van der Waals surface area contributed by atoms with Crippen molar-refractivity contribution in [2.45, 2.75) is 12.8 Å². The van der Waals surface area contributed by atoms with Gasteiger partial charge in [0.2, 0.25) is 0 Å². The van der Waals surface area contributed by atoms with E-state index in [1.807, 2.05) is 6.92 Å². The van der Waals surface area contributed by atoms with Crippen LogP contribution in [0.4, 0.5) is 10.1 Å². The van der Waals surface area contributed by atoms with E-state index >= 15 is 0 Å². The molecule has 0 saturated heterocycles. The summed E-state index contributed by atoms with van der Waals surface area (Å²) in [6.45, 7) is 2.41. The van der Waals surface area contributed by atoms with Gasteiger partial charge in [0.25, 0.3) is 0 Å². The van der Waals surface area contributed by atoms with Crippen molar-refractivity contribution in [3.8, 4) is 5.75 Å². The zero-order chi connectivity index (χ0) is 21.7. The number of halogens is 1. The van der Waals surface area contributed by atoms with Crippen LogP contribution in [-0.4, -0.2) is 32.8 Å². The zero-order valence-corrected chi connectivity index (χ0v) is 16.9. The Morgan fingerprint density at radius 3 is 1.90 bits per heavy atom. The first-order valence-corrected chi connectivity index (χ1v) is 9.35. The minimum absolute atomic E-state index is 0.244. The molecule has 0 unspecified atom stereocenters. The highest BCUT2D eigenvalue weighted by Gasteiger charge is 2.35. The van der Waals surface area contributed by atoms with E-state index in [9.17, 15) is 14.0 Å². The Hall–Kier alpha value is -3.61. The van der Waals surface area contributed by atoms with Gasteiger partial charge in [0.1, 0.15) is 11.6 Å². The lowest BCUT2D eigenvalue weighted by Crippen LogP contribution is -2.28. The molecule has 1 aliphatic heterocycles. The molecule has 0 N–H and O–H groups in total. The number of esters is 2. The van der Waals surface area contributed by atoms with Crippen LogP contribution in [-0.2, 0) is 19.1 Å². The molecular weight excluding hydrogens is 389 g/mol. The van der Waals surface area contributed by atoms with E-state index in [0.29, 0.717) is 23.6 Å². The van der Waals surface area contributed by atoms with Crippen molar-refractivity contribution in [3.63, 3.8) is 0 Å². The highest BCUT2D eigenvalue weighted by Crippen LogP contribution is 2.38. The predicted molar refractivity (Wildman–Crippen MR) is 109 cm³/mol. The fourth-order valence-electron chi connectivity index (χ4n) is 3.27. The van der Waals surface area contributed by atoms with E-state index in [1.165, 1.54) is 26.4 Å². The molecule has 0 saturated carbocycles. The van der Waals surface area contributed by atoms with Crippen molar-refractivity contribution in [1.29, 1.82) is 0 Å². The summed E-state index contributed by atoms with van der Waals surface area (Å²) in [5.41, 5.74) is 1.76. The number of methoxy groups -OCH3 is 2. The van der Waals surface area contributed by atoms with Crippen LogP contribution in [0.25, 0.3) is 0 Å². The van der Waals surface area contributed by atoms with Gasteiger partial charge in [-0.1, -0.05) is 12.1 Å². The average molecular weight is 411 g/mol. The quantitative estimate of drug-likeness (QED) is 0.671. The number of hydrogen-bond donors (Lipinski definition) is 0. The Kier molecular flexibility index (Phi) is 6.51. The molecule has 3 rings (SSSR count). The number of carbonyl (C=O) groups is 2. The van der Waals surface area contributed by atoms with Gasteiger partial charge in [0.15, 0.2) is 0 Å². The fraction of sp³-hybridized carbons (Fsp3) is 0.217. The third-order valence-corrected chi connectivity index (χ3v) is 4.67. The molecule has 0 radical (unpaired) electrons. The van der Waals surface area contributed by atoms with Gasteiger partial charge in [-0.05, 0) is 48.9 Å². The summed E-state index contributed by atoms with van der Waals surface area (Å²) in [4.78, 5) is 26.8. The normalized spacial score (nSPS) is 13.9. The lowest BCUT2D eigenvalue weighted by atomic mass is 9.83. The maximum absolute atomic E-state index is 13.3. The van der Waals surface area contributed by atoms with Crippen molar-refractivity contribution in [2.24, 2.45) is 0 Å². The van der Waals surface area contributed by atoms with Crippen LogP contribution in [0.3, 0.4) is 0 Å². The van der Waals surface area contributed by atoms with E-state index < -0.39 is 23.7 Å². The Bertz CT molecular complexity index is 946. The molecule has 2 aromatic rings. The number of ether oxygens (including phenoxy) is 3. The summed E-state index contributed by atoms with van der Waals surface area (Å²) >= 11 is 0. The molecule has 1 aliphatic rings. The average Bonchev–Trinajstić information content (AvgIpc) is 2.78. The van der Waals surface area contributed by atoms with E-state index in [2.05, 4.69) is 0 Å². The van der Waals surface area contributed by atoms with E-state index in [0.717, 1.165) is 0 Å². The number of benzene rings is 2. The van der Waals surface area contributed by atoms with Crippen LogP contribution in [0, 0.1) is 5.82 Å². The van der Waals surface area contributed by atoms with Gasteiger partial charge in [-0.25, -0.2) is 14.0 Å². The third kappa shape index (κ3) is 4.35. The van der Waals surface area contributed by atoms with E-state index in [1.54, 1.807) is 53.7 Å². The molecule has 0 fully saturated rings. The van der Waals surface area contributed by atoms with Gasteiger partial charge in [-0.2, -0.15) is 0 Å². The minimum Gasteiger partial charge on any atom is -0.494 e. The second-order valence-electron chi connectivity index (χ2n) is 6.47. The summed E-state index contributed by atoms with van der Waals surface area (Å²) in [5, 5.41) is 0. The summed E-state index contributed by atoms with van der Waals surface area (Å²) in [7, 11) is 2.55. The maximum atomic E-state index is 13.3. The molecule has 0 amide bonds. The molecular formula is C23H22FNO5. The molecule has 7 heteroatoms. The van der Waals surface area contributed by atoms with Crippen LogP contribution < -0.4 is 9.64 Å². The van der Waals surface area contributed by atoms with Gasteiger partial charge in [0, 0.05) is 18.1 Å². The highest BCUT2D eigenvalue weighted by atomic mass is 19.1. The monoisotopic (exact) mass is 411 g/mol. The van der Waals surface area contributed by atoms with Crippen molar-refractivity contribution in [2.75, 3.05) is 25.7 Å². The van der Waals surface area contributed by atoms with Crippen LogP contribution >= 0.6 is 0 Å². The van der Waals surface area contributed by atoms with Crippen molar-refractivity contribution < 1.29 is 28.2 Å². The van der Waals surface area contributed by atoms with Crippen LogP contribution in [0.2, 0.25) is 0 Å². The standard InChI is InChI=1S/C23H22FNO5/c1-4-30-18-11-5-15(6-12-18)21-19(22(26)28-2)13-25(14-20(21)23(27)29-3)17-9-7-16(24)8-10-17/h5-14,21H,4H2,1-3H3. The lowest BCUT2D eigenvalue weighted by molar-refractivity contribution is -0.137. The Balaban J connectivity index is 2.11. The first-order chi connectivity index (χ1) is 14.5. The zero-order valence-electron chi connectivity index (χ0n) is 16.9. The Morgan fingerprint density at radius 2 is 1.43 bits per heavy atom. The number of nitrogens with zero attached hydrogens (tertiary/aromatic N) is 1. The van der Waals surface area contributed by atoms with Gasteiger partial charge in [0.05, 0.1) is 37.9 Å². The molecule has 30 heavy (non-hydrogen) atoms. The Morgan fingerprint density at radius 1 is 0.900 bits per heavy atom. The summed E-state index contributed by atoms with van der Waals surface area (Å²) < 4.78 is 28.7. The number of anilines is 1. The van der Waals surface area contributed by atoms with Gasteiger partial charge in [-0.3, -0.25) is 0 Å². The van der Waals surface area contributed by atoms with Gasteiger partial charge in [-0.15, -0.1) is 0 Å². The van der Waals surface area contributed by atoms with E-state index in [-0.39, 0.29) is 11.1 Å². The topological polar surface area (TPSA) is 65.1 Å². The maximum Gasteiger partial charge on any atom is 0.336 e. The smallest absolute Gasteiger partial charge is 0.336 e. The van der Waals surface area contributed by atoms with E-state index in [4.69, 9.17) is 14.2 Å². The van der Waals surface area contributed by atoms with Crippen molar-refractivity contribution in [1.82, 2.24) is 0 Å².